The number of nitrogens with zero attached hydrogens (tertiary/aromatic N) is 1. The van der Waals surface area contributed by atoms with E-state index in [9.17, 15) is 14.7 Å². The summed E-state index contributed by atoms with van der Waals surface area (Å²) in [4.78, 5) is 25.6. The molecule has 1 atom stereocenters. The van der Waals surface area contributed by atoms with Gasteiger partial charge in [-0.1, -0.05) is 0 Å². The van der Waals surface area contributed by atoms with Crippen LogP contribution in [0.25, 0.3) is 0 Å². The van der Waals surface area contributed by atoms with Crippen LogP contribution in [-0.4, -0.2) is 64.4 Å². The molecule has 0 saturated carbocycles. The van der Waals surface area contributed by atoms with Crippen molar-refractivity contribution in [2.45, 2.75) is 6.10 Å². The van der Waals surface area contributed by atoms with Crippen molar-refractivity contribution in [3.8, 4) is 0 Å². The molecule has 1 aromatic rings. The SMILES string of the molecule is NC(=O)c1c(I)cc(I)c(C(=O)N(CCO)CC(O)CO)c1I. The molecule has 5 N–H and O–H groups in total. The lowest BCUT2D eigenvalue weighted by Crippen LogP contribution is -2.41. The number of carbonyl (C=O) groups is 2. The zero-order valence-corrected chi connectivity index (χ0v) is 18.3. The number of primary amides is 1. The summed E-state index contributed by atoms with van der Waals surface area (Å²) in [5.41, 5.74) is 5.94. The zero-order valence-electron chi connectivity index (χ0n) is 11.8. The van der Waals surface area contributed by atoms with E-state index < -0.39 is 24.5 Å². The number of halogens is 3. The molecule has 0 fully saturated rings. The molecule has 0 spiro atoms. The van der Waals surface area contributed by atoms with Gasteiger partial charge in [-0.2, -0.15) is 0 Å². The second-order valence-electron chi connectivity index (χ2n) is 4.58. The molecule has 0 aromatic heterocycles. The molecule has 10 heteroatoms. The van der Waals surface area contributed by atoms with Gasteiger partial charge in [-0.25, -0.2) is 0 Å². The van der Waals surface area contributed by atoms with Crippen molar-refractivity contribution in [1.29, 1.82) is 0 Å². The van der Waals surface area contributed by atoms with Crippen molar-refractivity contribution >= 4 is 79.6 Å². The molecule has 7 nitrogen and oxygen atoms in total. The molecular formula is C13H15I3N2O5. The summed E-state index contributed by atoms with van der Waals surface area (Å²) in [5, 5.41) is 27.6. The Morgan fingerprint density at radius 2 is 1.74 bits per heavy atom. The molecule has 2 amide bonds. The van der Waals surface area contributed by atoms with Crippen LogP contribution in [0.5, 0.6) is 0 Å². The summed E-state index contributed by atoms with van der Waals surface area (Å²) in [5.74, 6) is -1.08. The van der Waals surface area contributed by atoms with E-state index in [1.807, 2.05) is 67.8 Å². The van der Waals surface area contributed by atoms with Crippen molar-refractivity contribution in [2.75, 3.05) is 26.3 Å². The van der Waals surface area contributed by atoms with Crippen molar-refractivity contribution in [3.05, 3.63) is 27.9 Å². The van der Waals surface area contributed by atoms with Crippen LogP contribution in [0, 0.1) is 10.7 Å². The van der Waals surface area contributed by atoms with Gasteiger partial charge in [-0.15, -0.1) is 0 Å². The van der Waals surface area contributed by atoms with Gasteiger partial charge in [0.2, 0.25) is 0 Å². The van der Waals surface area contributed by atoms with E-state index in [4.69, 9.17) is 15.9 Å². The average molecular weight is 660 g/mol. The van der Waals surface area contributed by atoms with Gasteiger partial charge in [0, 0.05) is 23.8 Å². The minimum Gasteiger partial charge on any atom is -0.395 e. The Kier molecular flexibility index (Phi) is 8.92. The van der Waals surface area contributed by atoms with Gasteiger partial charge in [-0.05, 0) is 73.8 Å². The number of rotatable bonds is 7. The molecule has 0 radical (unpaired) electrons. The monoisotopic (exact) mass is 660 g/mol. The van der Waals surface area contributed by atoms with Crippen LogP contribution >= 0.6 is 67.8 Å². The highest BCUT2D eigenvalue weighted by atomic mass is 127. The minimum atomic E-state index is -1.11. The number of amides is 2. The first-order valence-electron chi connectivity index (χ1n) is 6.40. The fourth-order valence-corrected chi connectivity index (χ4v) is 6.24. The van der Waals surface area contributed by atoms with Crippen LogP contribution in [0.1, 0.15) is 20.7 Å². The molecule has 0 aliphatic carbocycles. The first-order chi connectivity index (χ1) is 10.7. The molecular weight excluding hydrogens is 645 g/mol. The van der Waals surface area contributed by atoms with Crippen LogP contribution in [-0.2, 0) is 0 Å². The van der Waals surface area contributed by atoms with E-state index in [-0.39, 0.29) is 25.3 Å². The molecule has 128 valence electrons. The lowest BCUT2D eigenvalue weighted by atomic mass is 10.1. The molecule has 0 aliphatic heterocycles. The maximum atomic E-state index is 12.8. The van der Waals surface area contributed by atoms with Crippen molar-refractivity contribution in [1.82, 2.24) is 4.90 Å². The number of benzene rings is 1. The molecule has 0 heterocycles. The van der Waals surface area contributed by atoms with E-state index in [0.717, 1.165) is 0 Å². The Morgan fingerprint density at radius 1 is 1.17 bits per heavy atom. The lowest BCUT2D eigenvalue weighted by Gasteiger charge is -2.25. The normalized spacial score (nSPS) is 12.1. The highest BCUT2D eigenvalue weighted by Crippen LogP contribution is 2.28. The van der Waals surface area contributed by atoms with Crippen LogP contribution in [0.4, 0.5) is 0 Å². The third kappa shape index (κ3) is 5.35. The number of aliphatic hydroxyl groups excluding tert-OH is 3. The van der Waals surface area contributed by atoms with E-state index in [2.05, 4.69) is 0 Å². The second-order valence-corrected chi connectivity index (χ2v) is 7.98. The number of carbonyl (C=O) groups excluding carboxylic acids is 2. The Hall–Kier alpha value is 0.230. The Morgan fingerprint density at radius 3 is 2.22 bits per heavy atom. The van der Waals surface area contributed by atoms with Gasteiger partial charge in [-0.3, -0.25) is 9.59 Å². The maximum Gasteiger partial charge on any atom is 0.256 e. The second kappa shape index (κ2) is 9.65. The van der Waals surface area contributed by atoms with Crippen molar-refractivity contribution in [3.63, 3.8) is 0 Å². The Bertz CT molecular complexity index is 612. The average Bonchev–Trinajstić information content (AvgIpc) is 2.45. The summed E-state index contributed by atoms with van der Waals surface area (Å²) in [6, 6.07) is 1.68. The third-order valence-corrected chi connectivity index (χ3v) is 5.71. The van der Waals surface area contributed by atoms with E-state index in [1.165, 1.54) is 4.90 Å². The number of hydrogen-bond acceptors (Lipinski definition) is 5. The lowest BCUT2D eigenvalue weighted by molar-refractivity contribution is 0.0417. The van der Waals surface area contributed by atoms with E-state index in [0.29, 0.717) is 16.3 Å². The fourth-order valence-electron chi connectivity index (χ4n) is 1.88. The highest BCUT2D eigenvalue weighted by molar-refractivity contribution is 14.1. The predicted molar refractivity (Wildman–Crippen MR) is 109 cm³/mol. The summed E-state index contributed by atoms with van der Waals surface area (Å²) in [6.07, 6.45) is -1.11. The summed E-state index contributed by atoms with van der Waals surface area (Å²) >= 11 is 5.86. The van der Waals surface area contributed by atoms with Gasteiger partial charge in [0.15, 0.2) is 0 Å². The van der Waals surface area contributed by atoms with Gasteiger partial charge in [0.1, 0.15) is 0 Å². The molecule has 1 aromatic carbocycles. The van der Waals surface area contributed by atoms with Crippen LogP contribution in [0.15, 0.2) is 6.07 Å². The van der Waals surface area contributed by atoms with E-state index in [1.54, 1.807) is 6.07 Å². The predicted octanol–water partition coefficient (Wildman–Crippen LogP) is 0.387. The molecule has 1 unspecified atom stereocenters. The highest BCUT2D eigenvalue weighted by Gasteiger charge is 2.26. The zero-order chi connectivity index (χ0) is 17.7. The first-order valence-corrected chi connectivity index (χ1v) is 9.64. The minimum absolute atomic E-state index is 0.0000550. The topological polar surface area (TPSA) is 124 Å². The molecule has 0 aliphatic rings. The Labute approximate surface area is 174 Å². The Balaban J connectivity index is 3.34. The summed E-state index contributed by atoms with van der Waals surface area (Å²) in [7, 11) is 0. The first kappa shape index (κ1) is 21.3. The standard InChI is InChI=1S/C13H15I3N2O5/c14-7-3-8(15)10(11(16)9(7)12(17)22)13(23)18(1-2-19)4-6(21)5-20/h3,6,19-21H,1-2,4-5H2,(H2,17,22). The van der Waals surface area contributed by atoms with Gasteiger partial charge in [0.05, 0.1) is 30.4 Å². The van der Waals surface area contributed by atoms with Crippen LogP contribution in [0.3, 0.4) is 0 Å². The molecule has 1 rings (SSSR count). The smallest absolute Gasteiger partial charge is 0.256 e. The summed E-state index contributed by atoms with van der Waals surface area (Å²) < 4.78 is 1.70. The number of aliphatic hydroxyl groups is 3. The fraction of sp³-hybridized carbons (Fsp3) is 0.385. The quantitative estimate of drug-likeness (QED) is 0.316. The summed E-state index contributed by atoms with van der Waals surface area (Å²) in [6.45, 7) is -0.910. The van der Waals surface area contributed by atoms with Gasteiger partial charge in [0.25, 0.3) is 11.8 Å². The molecule has 0 bridgehead atoms. The van der Waals surface area contributed by atoms with Crippen molar-refractivity contribution in [2.24, 2.45) is 5.73 Å². The largest absolute Gasteiger partial charge is 0.395 e. The van der Waals surface area contributed by atoms with Gasteiger partial charge < -0.3 is 26.0 Å². The van der Waals surface area contributed by atoms with E-state index >= 15 is 0 Å². The molecule has 23 heavy (non-hydrogen) atoms. The third-order valence-electron chi connectivity index (χ3n) is 2.93. The molecule has 0 saturated heterocycles. The number of nitrogens with two attached hydrogens (primary N) is 1. The van der Waals surface area contributed by atoms with Crippen molar-refractivity contribution < 1.29 is 24.9 Å². The number of hydrogen-bond donors (Lipinski definition) is 4. The van der Waals surface area contributed by atoms with Crippen LogP contribution < -0.4 is 5.73 Å². The van der Waals surface area contributed by atoms with Gasteiger partial charge >= 0.3 is 0 Å². The van der Waals surface area contributed by atoms with Crippen LogP contribution in [0.2, 0.25) is 0 Å². The maximum absolute atomic E-state index is 12.8.